The van der Waals surface area contributed by atoms with Crippen molar-refractivity contribution in [1.82, 2.24) is 5.32 Å². The maximum absolute atomic E-state index is 12.3. The molecule has 2 atom stereocenters. The van der Waals surface area contributed by atoms with Gasteiger partial charge in [0.25, 0.3) is 0 Å². The minimum atomic E-state index is -0.305. The Morgan fingerprint density at radius 3 is 2.78 bits per heavy atom. The minimum absolute atomic E-state index is 0. The number of aryl methyl sites for hydroxylation is 1. The van der Waals surface area contributed by atoms with Gasteiger partial charge in [0.15, 0.2) is 0 Å². The first-order chi connectivity index (χ1) is 12.6. The summed E-state index contributed by atoms with van der Waals surface area (Å²) in [6, 6.07) is 15.4. The second kappa shape index (κ2) is 10.3. The Morgan fingerprint density at radius 2 is 2.07 bits per heavy atom. The number of nitrogens with two attached hydrogens (primary N) is 1. The van der Waals surface area contributed by atoms with Crippen LogP contribution in [0.15, 0.2) is 48.5 Å². The Kier molecular flexibility index (Phi) is 8.10. The Hall–Kier alpha value is -2.08. The van der Waals surface area contributed by atoms with E-state index in [9.17, 15) is 4.79 Å². The van der Waals surface area contributed by atoms with Gasteiger partial charge in [-0.25, -0.2) is 0 Å². The fourth-order valence-corrected chi connectivity index (χ4v) is 2.99. The molecule has 146 valence electrons. The average molecular weight is 391 g/mol. The number of carbonyl (C=O) groups excluding carboxylic acids is 1. The monoisotopic (exact) mass is 390 g/mol. The number of rotatable bonds is 7. The van der Waals surface area contributed by atoms with E-state index >= 15 is 0 Å². The SMILES string of the molecule is Cc1ccc(CNC(=O)CC(N)c2ccccc2)c(OC2CCOC2)c1.Cl. The number of nitrogens with one attached hydrogen (secondary N) is 1. The first-order valence-corrected chi connectivity index (χ1v) is 9.03. The van der Waals surface area contributed by atoms with E-state index in [-0.39, 0.29) is 36.9 Å². The molecule has 3 N–H and O–H groups in total. The van der Waals surface area contributed by atoms with Crippen LogP contribution in [0.4, 0.5) is 0 Å². The molecular weight excluding hydrogens is 364 g/mol. The van der Waals surface area contributed by atoms with Gasteiger partial charge in [0.05, 0.1) is 13.2 Å². The maximum atomic E-state index is 12.3. The summed E-state index contributed by atoms with van der Waals surface area (Å²) in [4.78, 5) is 12.3. The van der Waals surface area contributed by atoms with Crippen molar-refractivity contribution in [2.75, 3.05) is 13.2 Å². The van der Waals surface area contributed by atoms with Crippen molar-refractivity contribution in [3.05, 3.63) is 65.2 Å². The molecule has 0 aliphatic carbocycles. The molecule has 0 radical (unpaired) electrons. The normalized spacial score (nSPS) is 17.0. The zero-order valence-corrected chi connectivity index (χ0v) is 16.3. The van der Waals surface area contributed by atoms with Crippen LogP contribution in [0.25, 0.3) is 0 Å². The molecule has 6 heteroatoms. The third-order valence-corrected chi connectivity index (χ3v) is 4.51. The Labute approximate surface area is 166 Å². The largest absolute Gasteiger partial charge is 0.488 e. The van der Waals surface area contributed by atoms with E-state index in [2.05, 4.69) is 5.32 Å². The second-order valence-electron chi connectivity index (χ2n) is 6.71. The molecule has 1 amide bonds. The molecule has 0 aromatic heterocycles. The molecule has 1 saturated heterocycles. The second-order valence-corrected chi connectivity index (χ2v) is 6.71. The summed E-state index contributed by atoms with van der Waals surface area (Å²) in [6.45, 7) is 3.80. The van der Waals surface area contributed by atoms with Gasteiger partial charge in [-0.1, -0.05) is 42.5 Å². The molecule has 1 aliphatic heterocycles. The van der Waals surface area contributed by atoms with Crippen LogP contribution in [-0.2, 0) is 16.1 Å². The molecule has 27 heavy (non-hydrogen) atoms. The molecule has 1 aliphatic rings. The summed E-state index contributed by atoms with van der Waals surface area (Å²) < 4.78 is 11.4. The number of benzene rings is 2. The van der Waals surface area contributed by atoms with Gasteiger partial charge in [-0.15, -0.1) is 12.4 Å². The smallest absolute Gasteiger partial charge is 0.222 e. The van der Waals surface area contributed by atoms with E-state index in [1.807, 2.05) is 55.5 Å². The van der Waals surface area contributed by atoms with Gasteiger partial charge >= 0.3 is 0 Å². The summed E-state index contributed by atoms with van der Waals surface area (Å²) in [7, 11) is 0. The molecule has 2 unspecified atom stereocenters. The van der Waals surface area contributed by atoms with Crippen molar-refractivity contribution in [3.63, 3.8) is 0 Å². The fraction of sp³-hybridized carbons (Fsp3) is 0.381. The molecule has 0 spiro atoms. The number of ether oxygens (including phenoxy) is 2. The Morgan fingerprint density at radius 1 is 1.30 bits per heavy atom. The number of amides is 1. The van der Waals surface area contributed by atoms with Crippen LogP contribution in [0, 0.1) is 6.92 Å². The molecule has 5 nitrogen and oxygen atoms in total. The highest BCUT2D eigenvalue weighted by Gasteiger charge is 2.19. The van der Waals surface area contributed by atoms with Crippen LogP contribution >= 0.6 is 12.4 Å². The number of carbonyl (C=O) groups is 1. The van der Waals surface area contributed by atoms with E-state index in [0.29, 0.717) is 13.2 Å². The highest BCUT2D eigenvalue weighted by Crippen LogP contribution is 2.24. The minimum Gasteiger partial charge on any atom is -0.488 e. The first-order valence-electron chi connectivity index (χ1n) is 9.03. The predicted molar refractivity (Wildman–Crippen MR) is 108 cm³/mol. The molecule has 3 rings (SSSR count). The molecule has 2 aromatic carbocycles. The van der Waals surface area contributed by atoms with Crippen molar-refractivity contribution < 1.29 is 14.3 Å². The van der Waals surface area contributed by atoms with Crippen LogP contribution in [0.3, 0.4) is 0 Å². The van der Waals surface area contributed by atoms with E-state index < -0.39 is 0 Å². The number of hydrogen-bond acceptors (Lipinski definition) is 4. The van der Waals surface area contributed by atoms with Crippen LogP contribution in [0.5, 0.6) is 5.75 Å². The summed E-state index contributed by atoms with van der Waals surface area (Å²) in [5, 5.41) is 2.95. The zero-order valence-electron chi connectivity index (χ0n) is 15.5. The molecule has 1 heterocycles. The van der Waals surface area contributed by atoms with Crippen LogP contribution in [0.1, 0.15) is 35.6 Å². The lowest BCUT2D eigenvalue weighted by atomic mass is 10.0. The number of halogens is 1. The van der Waals surface area contributed by atoms with Gasteiger partial charge in [0.1, 0.15) is 11.9 Å². The molecule has 2 aromatic rings. The van der Waals surface area contributed by atoms with Crippen molar-refractivity contribution in [3.8, 4) is 5.75 Å². The summed E-state index contributed by atoms with van der Waals surface area (Å²) >= 11 is 0. The topological polar surface area (TPSA) is 73.6 Å². The lowest BCUT2D eigenvalue weighted by Gasteiger charge is -2.17. The van der Waals surface area contributed by atoms with E-state index in [0.717, 1.165) is 35.5 Å². The third kappa shape index (κ3) is 6.24. The van der Waals surface area contributed by atoms with Crippen molar-refractivity contribution in [1.29, 1.82) is 0 Å². The van der Waals surface area contributed by atoms with Gasteiger partial charge in [-0.3, -0.25) is 4.79 Å². The van der Waals surface area contributed by atoms with Crippen molar-refractivity contribution in [2.24, 2.45) is 5.73 Å². The highest BCUT2D eigenvalue weighted by molar-refractivity contribution is 5.85. The predicted octanol–water partition coefficient (Wildman–Crippen LogP) is 3.29. The van der Waals surface area contributed by atoms with Gasteiger partial charge in [0, 0.05) is 31.0 Å². The maximum Gasteiger partial charge on any atom is 0.222 e. The third-order valence-electron chi connectivity index (χ3n) is 4.51. The van der Waals surface area contributed by atoms with Crippen molar-refractivity contribution >= 4 is 18.3 Å². The van der Waals surface area contributed by atoms with Crippen LogP contribution in [0.2, 0.25) is 0 Å². The summed E-state index contributed by atoms with van der Waals surface area (Å²) in [5.41, 5.74) is 9.17. The van der Waals surface area contributed by atoms with Gasteiger partial charge in [-0.05, 0) is 24.1 Å². The Balaban J connectivity index is 0.00000261. The lowest BCUT2D eigenvalue weighted by molar-refractivity contribution is -0.121. The quantitative estimate of drug-likeness (QED) is 0.760. The molecule has 0 saturated carbocycles. The molecule has 0 bridgehead atoms. The van der Waals surface area contributed by atoms with Gasteiger partial charge in [0.2, 0.25) is 5.91 Å². The summed E-state index contributed by atoms with van der Waals surface area (Å²) in [5.74, 6) is 0.741. The molecule has 1 fully saturated rings. The average Bonchev–Trinajstić information content (AvgIpc) is 3.15. The van der Waals surface area contributed by atoms with E-state index in [1.165, 1.54) is 0 Å². The molecular formula is C21H27ClN2O3. The van der Waals surface area contributed by atoms with Crippen molar-refractivity contribution in [2.45, 2.75) is 38.5 Å². The van der Waals surface area contributed by atoms with E-state index in [1.54, 1.807) is 0 Å². The van der Waals surface area contributed by atoms with Crippen LogP contribution in [-0.4, -0.2) is 25.2 Å². The fourth-order valence-electron chi connectivity index (χ4n) is 2.99. The van der Waals surface area contributed by atoms with Gasteiger partial charge < -0.3 is 20.5 Å². The first kappa shape index (κ1) is 21.2. The Bertz CT molecular complexity index is 733. The standard InChI is InChI=1S/C21H26N2O3.ClH/c1-15-7-8-17(20(11-15)26-18-9-10-25-14-18)13-23-21(24)12-19(22)16-5-3-2-4-6-16;/h2-8,11,18-19H,9-10,12-14,22H2,1H3,(H,23,24);1H. The van der Waals surface area contributed by atoms with E-state index in [4.69, 9.17) is 15.2 Å². The van der Waals surface area contributed by atoms with Gasteiger partial charge in [-0.2, -0.15) is 0 Å². The zero-order chi connectivity index (χ0) is 18.4. The highest BCUT2D eigenvalue weighted by atomic mass is 35.5. The lowest BCUT2D eigenvalue weighted by Crippen LogP contribution is -2.27. The summed E-state index contributed by atoms with van der Waals surface area (Å²) in [6.07, 6.45) is 1.23. The van der Waals surface area contributed by atoms with Crippen LogP contribution < -0.4 is 15.8 Å². The number of hydrogen-bond donors (Lipinski definition) is 2.